The molecular weight excluding hydrogens is 734 g/mol. The summed E-state index contributed by atoms with van der Waals surface area (Å²) in [6.45, 7) is 0.579. The van der Waals surface area contributed by atoms with E-state index < -0.39 is 33.9 Å². The molecule has 0 amide bonds. The van der Waals surface area contributed by atoms with Crippen LogP contribution in [0.3, 0.4) is 0 Å². The summed E-state index contributed by atoms with van der Waals surface area (Å²) >= 11 is 12.5. The van der Waals surface area contributed by atoms with E-state index in [0.717, 1.165) is 46.4 Å². The minimum atomic E-state index is -5.08. The van der Waals surface area contributed by atoms with Crippen molar-refractivity contribution in [3.63, 3.8) is 0 Å². The number of carboxylic acid groups (broad SMARTS) is 2. The van der Waals surface area contributed by atoms with Gasteiger partial charge in [0, 0.05) is 41.0 Å². The number of carbonyl (C=O) groups is 2. The van der Waals surface area contributed by atoms with Gasteiger partial charge in [-0.05, 0) is 90.9 Å². The number of aromatic carboxylic acids is 1. The van der Waals surface area contributed by atoms with Crippen LogP contribution < -0.4 is 0 Å². The SMILES string of the molecule is O=C(O)C(F)(F)F.O=C(O)c1ccc(S(=O)(=O)N2CCC(n3c(C4CC4)nc4ccc(C(c5ccc(Cl)cc5)c5ccc(Cl)cc5)cc43)CC2)o1. The molecule has 0 spiro atoms. The Morgan fingerprint density at radius 2 is 1.35 bits per heavy atom. The predicted molar refractivity (Wildman–Crippen MR) is 182 cm³/mol. The van der Waals surface area contributed by atoms with Crippen LogP contribution >= 0.6 is 23.2 Å². The average molecular weight is 765 g/mol. The molecule has 1 aliphatic carbocycles. The lowest BCUT2D eigenvalue weighted by atomic mass is 9.85. The molecule has 0 atom stereocenters. The molecule has 2 N–H and O–H groups in total. The Labute approximate surface area is 300 Å². The zero-order valence-corrected chi connectivity index (χ0v) is 28.9. The van der Waals surface area contributed by atoms with E-state index in [1.54, 1.807) is 0 Å². The number of carboxylic acids is 2. The topological polar surface area (TPSA) is 143 Å². The van der Waals surface area contributed by atoms with Crippen molar-refractivity contribution in [2.75, 3.05) is 13.1 Å². The van der Waals surface area contributed by atoms with Crippen molar-refractivity contribution in [3.05, 3.63) is 117 Å². The van der Waals surface area contributed by atoms with Gasteiger partial charge in [0.2, 0.25) is 10.9 Å². The average Bonchev–Trinajstić information content (AvgIpc) is 3.67. The highest BCUT2D eigenvalue weighted by atomic mass is 35.5. The highest BCUT2D eigenvalue weighted by molar-refractivity contribution is 7.89. The van der Waals surface area contributed by atoms with Crippen LogP contribution in [0.5, 0.6) is 0 Å². The van der Waals surface area contributed by atoms with Crippen LogP contribution in [0, 0.1) is 0 Å². The van der Waals surface area contributed by atoms with E-state index in [4.69, 9.17) is 47.6 Å². The van der Waals surface area contributed by atoms with Gasteiger partial charge in [-0.25, -0.2) is 23.0 Å². The standard InChI is InChI=1S/C33H29Cl2N3O5S.C2HF3O2/c34-24-8-3-20(4-9-24)31(21-5-10-25(35)11-6-21)23-7-12-27-28(19-23)38(32(36-27)22-1-2-22)26-15-17-37(18-16-26)44(41,42)30-14-13-29(43-30)33(39)40;3-2(4,5)1(6)7/h3-14,19,22,26,31H,1-2,15-18H2,(H,39,40);(H,6,7). The lowest BCUT2D eigenvalue weighted by Crippen LogP contribution is -2.39. The summed E-state index contributed by atoms with van der Waals surface area (Å²) in [5, 5.41) is 17.3. The van der Waals surface area contributed by atoms with Crippen LogP contribution in [0.25, 0.3) is 11.0 Å². The number of furan rings is 1. The number of alkyl halides is 3. The van der Waals surface area contributed by atoms with Crippen LogP contribution in [0.1, 0.15) is 76.6 Å². The number of aliphatic carboxylic acids is 1. The van der Waals surface area contributed by atoms with Gasteiger partial charge in [-0.15, -0.1) is 0 Å². The first-order valence-electron chi connectivity index (χ1n) is 15.8. The van der Waals surface area contributed by atoms with Crippen LogP contribution in [-0.2, 0) is 14.8 Å². The summed E-state index contributed by atoms with van der Waals surface area (Å²) in [6, 6.07) is 24.7. The Bertz CT molecular complexity index is 2130. The second kappa shape index (κ2) is 14.3. The molecule has 1 aliphatic heterocycles. The number of sulfonamides is 1. The molecule has 1 saturated carbocycles. The van der Waals surface area contributed by atoms with Gasteiger partial charge in [0.05, 0.1) is 11.0 Å². The quantitative estimate of drug-likeness (QED) is 0.150. The third kappa shape index (κ3) is 7.93. The predicted octanol–water partition coefficient (Wildman–Crippen LogP) is 8.35. The molecule has 2 fully saturated rings. The maximum absolute atomic E-state index is 13.2. The maximum atomic E-state index is 13.2. The number of nitrogens with zero attached hydrogens (tertiary/aromatic N) is 3. The zero-order chi connectivity index (χ0) is 36.7. The van der Waals surface area contributed by atoms with Crippen LogP contribution in [0.4, 0.5) is 13.2 Å². The Morgan fingerprint density at radius 3 is 1.82 bits per heavy atom. The molecule has 1 saturated heterocycles. The normalized spacial score (nSPS) is 15.9. The molecule has 10 nitrogen and oxygen atoms in total. The second-order valence-electron chi connectivity index (χ2n) is 12.3. The monoisotopic (exact) mass is 763 g/mol. The molecule has 5 aromatic rings. The Morgan fingerprint density at radius 1 is 0.824 bits per heavy atom. The van der Waals surface area contributed by atoms with Crippen LogP contribution in [0.15, 0.2) is 88.4 Å². The Hall–Kier alpha value is -4.37. The Balaban J connectivity index is 0.000000582. The third-order valence-corrected chi connectivity index (χ3v) is 11.1. The van der Waals surface area contributed by atoms with Gasteiger partial charge in [-0.1, -0.05) is 53.5 Å². The van der Waals surface area contributed by atoms with Crippen molar-refractivity contribution >= 4 is 56.2 Å². The van der Waals surface area contributed by atoms with E-state index in [9.17, 15) is 26.4 Å². The van der Waals surface area contributed by atoms with E-state index in [1.165, 1.54) is 16.4 Å². The summed E-state index contributed by atoms with van der Waals surface area (Å²) in [5.41, 5.74) is 5.28. The van der Waals surface area contributed by atoms with E-state index in [1.807, 2.05) is 48.5 Å². The highest BCUT2D eigenvalue weighted by Gasteiger charge is 2.39. The van der Waals surface area contributed by atoms with Crippen molar-refractivity contribution in [1.82, 2.24) is 13.9 Å². The molecular formula is C35H30Cl2F3N3O7S. The summed E-state index contributed by atoms with van der Waals surface area (Å²) in [5.74, 6) is -3.06. The molecule has 0 bridgehead atoms. The first-order valence-corrected chi connectivity index (χ1v) is 18.0. The van der Waals surface area contributed by atoms with E-state index in [2.05, 4.69) is 22.8 Å². The molecule has 51 heavy (non-hydrogen) atoms. The smallest absolute Gasteiger partial charge is 0.475 e. The number of aromatic nitrogens is 2. The van der Waals surface area contributed by atoms with Crippen LogP contribution in [0.2, 0.25) is 10.0 Å². The molecule has 16 heteroatoms. The minimum absolute atomic E-state index is 0.0577. The van der Waals surface area contributed by atoms with Gasteiger partial charge in [0.1, 0.15) is 5.82 Å². The summed E-state index contributed by atoms with van der Waals surface area (Å²) in [4.78, 5) is 25.2. The van der Waals surface area contributed by atoms with Gasteiger partial charge in [-0.3, -0.25) is 0 Å². The number of hydrogen-bond donors (Lipinski definition) is 2. The lowest BCUT2D eigenvalue weighted by Gasteiger charge is -2.32. The number of hydrogen-bond acceptors (Lipinski definition) is 6. The largest absolute Gasteiger partial charge is 0.490 e. The number of imidazole rings is 1. The minimum Gasteiger partial charge on any atom is -0.475 e. The zero-order valence-electron chi connectivity index (χ0n) is 26.6. The van der Waals surface area contributed by atoms with Crippen LogP contribution in [-0.4, -0.2) is 63.7 Å². The lowest BCUT2D eigenvalue weighted by molar-refractivity contribution is -0.192. The van der Waals surface area contributed by atoms with Gasteiger partial charge in [0.15, 0.2) is 0 Å². The fourth-order valence-corrected chi connectivity index (χ4v) is 7.88. The number of piperidine rings is 1. The summed E-state index contributed by atoms with van der Waals surface area (Å²) in [6.07, 6.45) is -1.71. The first-order chi connectivity index (χ1) is 24.1. The molecule has 268 valence electrons. The van der Waals surface area contributed by atoms with E-state index in [-0.39, 0.29) is 30.1 Å². The van der Waals surface area contributed by atoms with Gasteiger partial charge < -0.3 is 19.2 Å². The number of fused-ring (bicyclic) bond motifs is 1. The fourth-order valence-electron chi connectivity index (χ4n) is 6.25. The van der Waals surface area contributed by atoms with Crippen molar-refractivity contribution in [2.24, 2.45) is 0 Å². The third-order valence-electron chi connectivity index (χ3n) is 8.84. The van der Waals surface area contributed by atoms with Crippen molar-refractivity contribution < 1.29 is 45.8 Å². The number of halogens is 5. The van der Waals surface area contributed by atoms with Gasteiger partial charge in [0.25, 0.3) is 10.0 Å². The summed E-state index contributed by atoms with van der Waals surface area (Å²) in [7, 11) is -3.95. The summed E-state index contributed by atoms with van der Waals surface area (Å²) < 4.78 is 67.1. The van der Waals surface area contributed by atoms with E-state index >= 15 is 0 Å². The maximum Gasteiger partial charge on any atom is 0.490 e. The molecule has 3 aromatic carbocycles. The molecule has 3 heterocycles. The Kier molecular flexibility index (Phi) is 10.2. The van der Waals surface area contributed by atoms with Gasteiger partial charge in [-0.2, -0.15) is 17.5 Å². The van der Waals surface area contributed by atoms with Gasteiger partial charge >= 0.3 is 18.1 Å². The molecule has 2 aliphatic rings. The first kappa shape index (κ1) is 36.4. The van der Waals surface area contributed by atoms with Crippen molar-refractivity contribution in [2.45, 2.75) is 54.8 Å². The highest BCUT2D eigenvalue weighted by Crippen LogP contribution is 2.44. The molecule has 0 radical (unpaired) electrons. The number of rotatable bonds is 8. The second-order valence-corrected chi connectivity index (χ2v) is 15.0. The molecule has 7 rings (SSSR count). The fraction of sp³-hybridized carbons (Fsp3) is 0.286. The molecule has 0 unspecified atom stereocenters. The number of benzene rings is 3. The van der Waals surface area contributed by atoms with Crippen molar-refractivity contribution in [3.8, 4) is 0 Å². The van der Waals surface area contributed by atoms with E-state index in [0.29, 0.717) is 28.8 Å². The van der Waals surface area contributed by atoms with Crippen molar-refractivity contribution in [1.29, 1.82) is 0 Å². The molecule has 2 aromatic heterocycles.